The Morgan fingerprint density at radius 1 is 1.17 bits per heavy atom. The first-order chi connectivity index (χ1) is 8.63. The highest BCUT2D eigenvalue weighted by molar-refractivity contribution is 5.08. The maximum Gasteiger partial charge on any atom is 0.157 e. The van der Waals surface area contributed by atoms with Crippen molar-refractivity contribution in [3.05, 3.63) is 0 Å². The van der Waals surface area contributed by atoms with E-state index in [0.717, 1.165) is 24.7 Å². The van der Waals surface area contributed by atoms with Crippen LogP contribution in [0.2, 0.25) is 0 Å². The van der Waals surface area contributed by atoms with Crippen LogP contribution in [-0.2, 0) is 4.74 Å². The number of aliphatic hydroxyl groups is 2. The van der Waals surface area contributed by atoms with Crippen molar-refractivity contribution in [2.75, 3.05) is 0 Å². The van der Waals surface area contributed by atoms with Gasteiger partial charge in [-0.2, -0.15) is 0 Å². The standard InChI is InChI=1S/C15H26O3/c1-3-8(2)15(17)18-14-12-7-11(13(14)16)9-5-4-6-10(9)12/h8-17H,3-7H2,1-2H3. The first-order valence-corrected chi connectivity index (χ1v) is 7.65. The van der Waals surface area contributed by atoms with Crippen molar-refractivity contribution >= 4 is 0 Å². The first kappa shape index (κ1) is 12.9. The largest absolute Gasteiger partial charge is 0.390 e. The van der Waals surface area contributed by atoms with Crippen molar-refractivity contribution in [1.82, 2.24) is 0 Å². The lowest BCUT2D eigenvalue weighted by molar-refractivity contribution is -0.206. The fourth-order valence-corrected chi connectivity index (χ4v) is 4.69. The Kier molecular flexibility index (Phi) is 3.41. The number of aliphatic hydroxyl groups excluding tert-OH is 2. The number of hydrogen-bond donors (Lipinski definition) is 2. The monoisotopic (exact) mass is 254 g/mol. The van der Waals surface area contributed by atoms with Gasteiger partial charge in [0.15, 0.2) is 6.29 Å². The van der Waals surface area contributed by atoms with E-state index in [1.54, 1.807) is 0 Å². The van der Waals surface area contributed by atoms with Crippen LogP contribution in [0.15, 0.2) is 0 Å². The number of rotatable bonds is 4. The lowest BCUT2D eigenvalue weighted by Gasteiger charge is -2.37. The van der Waals surface area contributed by atoms with Crippen LogP contribution in [0.5, 0.6) is 0 Å². The van der Waals surface area contributed by atoms with Gasteiger partial charge in [0.25, 0.3) is 0 Å². The summed E-state index contributed by atoms with van der Waals surface area (Å²) in [6.07, 6.45) is 4.77. The van der Waals surface area contributed by atoms with Crippen LogP contribution in [0, 0.1) is 29.6 Å². The van der Waals surface area contributed by atoms with Gasteiger partial charge in [0, 0.05) is 5.92 Å². The molecule has 3 saturated carbocycles. The molecule has 3 aliphatic rings. The molecule has 3 fully saturated rings. The summed E-state index contributed by atoms with van der Waals surface area (Å²) in [5.41, 5.74) is 0. The van der Waals surface area contributed by atoms with Gasteiger partial charge < -0.3 is 14.9 Å². The van der Waals surface area contributed by atoms with Crippen molar-refractivity contribution in [3.8, 4) is 0 Å². The Bertz CT molecular complexity index is 306. The quantitative estimate of drug-likeness (QED) is 0.756. The van der Waals surface area contributed by atoms with Crippen molar-refractivity contribution in [1.29, 1.82) is 0 Å². The Hall–Kier alpha value is -0.120. The molecule has 3 heteroatoms. The normalized spacial score (nSPS) is 49.3. The zero-order chi connectivity index (χ0) is 12.9. The van der Waals surface area contributed by atoms with Crippen LogP contribution in [0.25, 0.3) is 0 Å². The van der Waals surface area contributed by atoms with Gasteiger partial charge in [-0.1, -0.05) is 20.3 Å². The van der Waals surface area contributed by atoms with E-state index in [0.29, 0.717) is 11.8 Å². The summed E-state index contributed by atoms with van der Waals surface area (Å²) in [5, 5.41) is 20.4. The summed E-state index contributed by atoms with van der Waals surface area (Å²) >= 11 is 0. The van der Waals surface area contributed by atoms with Gasteiger partial charge in [-0.05, 0) is 49.4 Å². The summed E-state index contributed by atoms with van der Waals surface area (Å²) in [6.45, 7) is 4.06. The number of fused-ring (bicyclic) bond motifs is 5. The average Bonchev–Trinajstić information content (AvgIpc) is 3.01. The summed E-state index contributed by atoms with van der Waals surface area (Å²) in [6, 6.07) is 0. The molecule has 0 radical (unpaired) electrons. The molecule has 2 bridgehead atoms. The average molecular weight is 254 g/mol. The molecule has 3 rings (SSSR count). The predicted molar refractivity (Wildman–Crippen MR) is 68.8 cm³/mol. The highest BCUT2D eigenvalue weighted by Crippen LogP contribution is 2.59. The SMILES string of the molecule is CCC(C)C(O)OC1C(O)C2CC1C1CCCC21. The fraction of sp³-hybridized carbons (Fsp3) is 1.00. The zero-order valence-corrected chi connectivity index (χ0v) is 11.5. The molecule has 0 aromatic heterocycles. The number of ether oxygens (including phenoxy) is 1. The molecule has 18 heavy (non-hydrogen) atoms. The van der Waals surface area contributed by atoms with Crippen molar-refractivity contribution in [3.63, 3.8) is 0 Å². The third-order valence-electron chi connectivity index (χ3n) is 5.89. The topological polar surface area (TPSA) is 49.7 Å². The molecule has 3 aliphatic carbocycles. The van der Waals surface area contributed by atoms with Gasteiger partial charge in [-0.25, -0.2) is 0 Å². The predicted octanol–water partition coefficient (Wildman–Crippen LogP) is 2.16. The molecule has 2 N–H and O–H groups in total. The Morgan fingerprint density at radius 3 is 2.50 bits per heavy atom. The van der Waals surface area contributed by atoms with Gasteiger partial charge in [-0.3, -0.25) is 0 Å². The van der Waals surface area contributed by atoms with E-state index in [1.807, 2.05) is 6.92 Å². The van der Waals surface area contributed by atoms with Crippen molar-refractivity contribution < 1.29 is 14.9 Å². The molecule has 3 nitrogen and oxygen atoms in total. The van der Waals surface area contributed by atoms with E-state index >= 15 is 0 Å². The minimum atomic E-state index is -0.714. The molecule has 0 saturated heterocycles. The van der Waals surface area contributed by atoms with E-state index in [1.165, 1.54) is 19.3 Å². The van der Waals surface area contributed by atoms with Gasteiger partial charge in [0.05, 0.1) is 12.2 Å². The van der Waals surface area contributed by atoms with E-state index in [9.17, 15) is 10.2 Å². The number of hydrogen-bond acceptors (Lipinski definition) is 3. The van der Waals surface area contributed by atoms with Gasteiger partial charge in [-0.15, -0.1) is 0 Å². The smallest absolute Gasteiger partial charge is 0.157 e. The Morgan fingerprint density at radius 2 is 1.83 bits per heavy atom. The minimum Gasteiger partial charge on any atom is -0.390 e. The van der Waals surface area contributed by atoms with E-state index in [4.69, 9.17) is 4.74 Å². The van der Waals surface area contributed by atoms with Crippen LogP contribution in [0.3, 0.4) is 0 Å². The summed E-state index contributed by atoms with van der Waals surface area (Å²) < 4.78 is 5.82. The summed E-state index contributed by atoms with van der Waals surface area (Å²) in [7, 11) is 0. The lowest BCUT2D eigenvalue weighted by atomic mass is 9.78. The molecule has 0 amide bonds. The molecule has 0 aromatic carbocycles. The first-order valence-electron chi connectivity index (χ1n) is 7.65. The van der Waals surface area contributed by atoms with Crippen LogP contribution in [0.1, 0.15) is 46.0 Å². The second-order valence-corrected chi connectivity index (χ2v) is 6.69. The molecule has 0 spiro atoms. The third-order valence-corrected chi connectivity index (χ3v) is 5.89. The van der Waals surface area contributed by atoms with Crippen molar-refractivity contribution in [2.24, 2.45) is 29.6 Å². The minimum absolute atomic E-state index is 0.113. The summed E-state index contributed by atoms with van der Waals surface area (Å²) in [5.74, 6) is 2.58. The van der Waals surface area contributed by atoms with Gasteiger partial charge in [0.2, 0.25) is 0 Å². The molecule has 8 unspecified atom stereocenters. The van der Waals surface area contributed by atoms with Crippen LogP contribution in [-0.4, -0.2) is 28.7 Å². The van der Waals surface area contributed by atoms with Crippen molar-refractivity contribution in [2.45, 2.75) is 64.4 Å². The highest BCUT2D eigenvalue weighted by Gasteiger charge is 2.59. The van der Waals surface area contributed by atoms with Gasteiger partial charge >= 0.3 is 0 Å². The molecule has 0 aromatic rings. The third kappa shape index (κ3) is 1.83. The summed E-state index contributed by atoms with van der Waals surface area (Å²) in [4.78, 5) is 0. The van der Waals surface area contributed by atoms with Gasteiger partial charge in [0.1, 0.15) is 0 Å². The second kappa shape index (κ2) is 4.77. The van der Waals surface area contributed by atoms with E-state index < -0.39 is 6.29 Å². The zero-order valence-electron chi connectivity index (χ0n) is 11.5. The molecule has 0 aliphatic heterocycles. The molecule has 0 heterocycles. The Labute approximate surface area is 110 Å². The Balaban J connectivity index is 1.67. The maximum absolute atomic E-state index is 10.4. The lowest BCUT2D eigenvalue weighted by Crippen LogP contribution is -2.44. The van der Waals surface area contributed by atoms with Crippen LogP contribution >= 0.6 is 0 Å². The molecule has 104 valence electrons. The molecular formula is C15H26O3. The van der Waals surface area contributed by atoms with E-state index in [-0.39, 0.29) is 18.1 Å². The molecular weight excluding hydrogens is 228 g/mol. The maximum atomic E-state index is 10.4. The fourth-order valence-electron chi connectivity index (χ4n) is 4.69. The molecule has 8 atom stereocenters. The van der Waals surface area contributed by atoms with Crippen LogP contribution < -0.4 is 0 Å². The second-order valence-electron chi connectivity index (χ2n) is 6.69. The highest BCUT2D eigenvalue weighted by atomic mass is 16.6. The van der Waals surface area contributed by atoms with Crippen LogP contribution in [0.4, 0.5) is 0 Å². The van der Waals surface area contributed by atoms with E-state index in [2.05, 4.69) is 6.92 Å².